The van der Waals surface area contributed by atoms with Gasteiger partial charge in [-0.1, -0.05) is 25.8 Å². The molecule has 0 fully saturated rings. The van der Waals surface area contributed by atoms with E-state index < -0.39 is 0 Å². The number of rotatable bonds is 8. The lowest BCUT2D eigenvalue weighted by Gasteiger charge is -2.07. The zero-order chi connectivity index (χ0) is 15.7. The van der Waals surface area contributed by atoms with Gasteiger partial charge < -0.3 is 4.74 Å². The van der Waals surface area contributed by atoms with Crippen LogP contribution in [0, 0.1) is 13.8 Å². The van der Waals surface area contributed by atoms with E-state index in [9.17, 15) is 4.79 Å². The van der Waals surface area contributed by atoms with Gasteiger partial charge in [-0.3, -0.25) is 4.79 Å². The van der Waals surface area contributed by atoms with Crippen molar-refractivity contribution >= 4 is 11.6 Å². The van der Waals surface area contributed by atoms with Crippen molar-refractivity contribution in [3.63, 3.8) is 0 Å². The fraction of sp³-hybridized carbons (Fsp3) is 0.529. The van der Waals surface area contributed by atoms with Crippen molar-refractivity contribution in [2.75, 3.05) is 6.61 Å². The molecule has 4 heteroatoms. The van der Waals surface area contributed by atoms with Crippen molar-refractivity contribution in [3.8, 4) is 5.75 Å². The molecule has 1 aromatic carbocycles. The standard InChI is InChI=1S/C17H26N2O2/c1-5-6-7-8-15(4)18-19-17(20)12-21-16-10-13(2)9-14(3)11-16/h9-11H,5-8,12H2,1-4H3,(H,19,20)/b18-15+. The number of ether oxygens (including phenoxy) is 1. The van der Waals surface area contributed by atoms with Crippen molar-refractivity contribution < 1.29 is 9.53 Å². The van der Waals surface area contributed by atoms with Crippen molar-refractivity contribution in [3.05, 3.63) is 29.3 Å². The summed E-state index contributed by atoms with van der Waals surface area (Å²) in [5, 5.41) is 4.08. The van der Waals surface area contributed by atoms with E-state index in [0.29, 0.717) is 5.75 Å². The number of unbranched alkanes of at least 4 members (excludes halogenated alkanes) is 2. The third-order valence-corrected chi connectivity index (χ3v) is 3.08. The van der Waals surface area contributed by atoms with Crippen molar-refractivity contribution in [1.29, 1.82) is 0 Å². The highest BCUT2D eigenvalue weighted by atomic mass is 16.5. The monoisotopic (exact) mass is 290 g/mol. The minimum atomic E-state index is -0.232. The van der Waals surface area contributed by atoms with E-state index in [1.54, 1.807) is 0 Å². The number of benzene rings is 1. The van der Waals surface area contributed by atoms with E-state index in [4.69, 9.17) is 4.74 Å². The molecular weight excluding hydrogens is 264 g/mol. The second kappa shape index (κ2) is 9.16. The van der Waals surface area contributed by atoms with Gasteiger partial charge in [0.05, 0.1) is 0 Å². The Balaban J connectivity index is 2.35. The first kappa shape index (κ1) is 17.2. The van der Waals surface area contributed by atoms with Crippen molar-refractivity contribution in [2.45, 2.75) is 53.4 Å². The molecule has 4 nitrogen and oxygen atoms in total. The van der Waals surface area contributed by atoms with Crippen LogP contribution in [0.4, 0.5) is 0 Å². The van der Waals surface area contributed by atoms with Gasteiger partial charge in [-0.2, -0.15) is 5.10 Å². The summed E-state index contributed by atoms with van der Waals surface area (Å²) in [6.07, 6.45) is 4.41. The SMILES string of the molecule is CCCCC/C(C)=N/NC(=O)COc1cc(C)cc(C)c1. The van der Waals surface area contributed by atoms with Crippen LogP contribution in [0.3, 0.4) is 0 Å². The molecule has 0 aliphatic carbocycles. The third kappa shape index (κ3) is 7.49. The Morgan fingerprint density at radius 1 is 1.19 bits per heavy atom. The van der Waals surface area contributed by atoms with E-state index in [-0.39, 0.29) is 12.5 Å². The van der Waals surface area contributed by atoms with E-state index in [0.717, 1.165) is 29.7 Å². The first-order valence-corrected chi connectivity index (χ1v) is 7.54. The summed E-state index contributed by atoms with van der Waals surface area (Å²) >= 11 is 0. The van der Waals surface area contributed by atoms with Gasteiger partial charge in [0.1, 0.15) is 5.75 Å². The van der Waals surface area contributed by atoms with E-state index >= 15 is 0 Å². The van der Waals surface area contributed by atoms with Gasteiger partial charge in [0.2, 0.25) is 0 Å². The molecule has 1 aromatic rings. The molecule has 1 amide bonds. The second-order valence-corrected chi connectivity index (χ2v) is 5.45. The summed E-state index contributed by atoms with van der Waals surface area (Å²) in [5.74, 6) is 0.482. The molecule has 0 aromatic heterocycles. The van der Waals surface area contributed by atoms with Crippen LogP contribution in [0.5, 0.6) is 5.75 Å². The summed E-state index contributed by atoms with van der Waals surface area (Å²) in [6, 6.07) is 5.90. The molecule has 0 atom stereocenters. The molecule has 0 aliphatic rings. The van der Waals surface area contributed by atoms with Crippen LogP contribution in [0.1, 0.15) is 50.7 Å². The maximum absolute atomic E-state index is 11.7. The normalized spacial score (nSPS) is 11.3. The quantitative estimate of drug-likeness (QED) is 0.450. The number of hydrogen-bond acceptors (Lipinski definition) is 3. The van der Waals surface area contributed by atoms with Gasteiger partial charge in [-0.15, -0.1) is 0 Å². The van der Waals surface area contributed by atoms with E-state index in [2.05, 4.69) is 23.5 Å². The zero-order valence-corrected chi connectivity index (χ0v) is 13.5. The van der Waals surface area contributed by atoms with Crippen LogP contribution in [0.25, 0.3) is 0 Å². The highest BCUT2D eigenvalue weighted by Crippen LogP contribution is 2.15. The molecule has 0 heterocycles. The van der Waals surface area contributed by atoms with Gasteiger partial charge in [0.25, 0.3) is 5.91 Å². The topological polar surface area (TPSA) is 50.7 Å². The van der Waals surface area contributed by atoms with Crippen LogP contribution in [0.15, 0.2) is 23.3 Å². The Morgan fingerprint density at radius 2 is 1.86 bits per heavy atom. The maximum atomic E-state index is 11.7. The lowest BCUT2D eigenvalue weighted by atomic mass is 10.1. The smallest absolute Gasteiger partial charge is 0.277 e. The highest BCUT2D eigenvalue weighted by molar-refractivity contribution is 5.84. The fourth-order valence-corrected chi connectivity index (χ4v) is 2.04. The molecule has 0 unspecified atom stereocenters. The molecule has 21 heavy (non-hydrogen) atoms. The summed E-state index contributed by atoms with van der Waals surface area (Å²) in [4.78, 5) is 11.7. The Labute approximate surface area is 127 Å². The molecular formula is C17H26N2O2. The number of carbonyl (C=O) groups is 1. The van der Waals surface area contributed by atoms with E-state index in [1.807, 2.05) is 32.9 Å². The number of nitrogens with one attached hydrogen (secondary N) is 1. The van der Waals surface area contributed by atoms with Crippen LogP contribution >= 0.6 is 0 Å². The summed E-state index contributed by atoms with van der Waals surface area (Å²) < 4.78 is 5.48. The number of carbonyl (C=O) groups excluding carboxylic acids is 1. The molecule has 0 bridgehead atoms. The van der Waals surface area contributed by atoms with Crippen LogP contribution in [-0.2, 0) is 4.79 Å². The van der Waals surface area contributed by atoms with E-state index in [1.165, 1.54) is 12.8 Å². The zero-order valence-electron chi connectivity index (χ0n) is 13.5. The number of nitrogens with zero attached hydrogens (tertiary/aromatic N) is 1. The second-order valence-electron chi connectivity index (χ2n) is 5.45. The average molecular weight is 290 g/mol. The minimum Gasteiger partial charge on any atom is -0.484 e. The molecule has 1 N–H and O–H groups in total. The number of amides is 1. The Morgan fingerprint density at radius 3 is 2.48 bits per heavy atom. The Bertz CT molecular complexity index is 475. The number of aryl methyl sites for hydroxylation is 2. The number of hydrogen-bond donors (Lipinski definition) is 1. The molecule has 0 radical (unpaired) electrons. The first-order chi connectivity index (χ1) is 10.0. The van der Waals surface area contributed by atoms with Crippen LogP contribution in [0.2, 0.25) is 0 Å². The van der Waals surface area contributed by atoms with Crippen molar-refractivity contribution in [1.82, 2.24) is 5.43 Å². The Hall–Kier alpha value is -1.84. The predicted molar refractivity (Wildman–Crippen MR) is 86.8 cm³/mol. The fourth-order valence-electron chi connectivity index (χ4n) is 2.04. The predicted octanol–water partition coefficient (Wildman–Crippen LogP) is 3.75. The molecule has 0 aliphatic heterocycles. The lowest BCUT2D eigenvalue weighted by Crippen LogP contribution is -2.25. The molecule has 0 saturated carbocycles. The van der Waals surface area contributed by atoms with Gasteiger partial charge in [0, 0.05) is 5.71 Å². The maximum Gasteiger partial charge on any atom is 0.277 e. The Kier molecular flexibility index (Phi) is 7.51. The minimum absolute atomic E-state index is 0.0192. The van der Waals surface area contributed by atoms with Crippen molar-refractivity contribution in [2.24, 2.45) is 5.10 Å². The largest absolute Gasteiger partial charge is 0.484 e. The van der Waals surface area contributed by atoms with Gasteiger partial charge >= 0.3 is 0 Å². The number of hydrazone groups is 1. The summed E-state index contributed by atoms with van der Waals surface area (Å²) in [5.41, 5.74) is 5.72. The van der Waals surface area contributed by atoms with Gasteiger partial charge in [-0.25, -0.2) is 5.43 Å². The van der Waals surface area contributed by atoms with Gasteiger partial charge in [-0.05, 0) is 56.9 Å². The summed E-state index contributed by atoms with van der Waals surface area (Å²) in [7, 11) is 0. The summed E-state index contributed by atoms with van der Waals surface area (Å²) in [6.45, 7) is 8.09. The molecule has 0 saturated heterocycles. The molecule has 116 valence electrons. The first-order valence-electron chi connectivity index (χ1n) is 7.54. The average Bonchev–Trinajstić information content (AvgIpc) is 2.42. The van der Waals surface area contributed by atoms with Crippen LogP contribution < -0.4 is 10.2 Å². The third-order valence-electron chi connectivity index (χ3n) is 3.08. The highest BCUT2D eigenvalue weighted by Gasteiger charge is 2.03. The molecule has 1 rings (SSSR count). The van der Waals surface area contributed by atoms with Gasteiger partial charge in [0.15, 0.2) is 6.61 Å². The molecule has 0 spiro atoms. The van der Waals surface area contributed by atoms with Crippen LogP contribution in [-0.4, -0.2) is 18.2 Å². The lowest BCUT2D eigenvalue weighted by molar-refractivity contribution is -0.123.